The second kappa shape index (κ2) is 9.79. The van der Waals surface area contributed by atoms with Gasteiger partial charge in [-0.1, -0.05) is 13.3 Å². The molecular formula is C23H26N4O3. The minimum absolute atomic E-state index is 0.0810. The lowest BCUT2D eigenvalue weighted by molar-refractivity contribution is 0.0990. The number of fused-ring (bicyclic) bond motifs is 1. The van der Waals surface area contributed by atoms with E-state index in [-0.39, 0.29) is 17.2 Å². The molecule has 0 bridgehead atoms. The standard InChI is InChI=1S/C23H26N4O3/c1-3-4-7-20-18-14-19(22(28)15-21(18)26-25-20)23(29)27(2)16-8-10-17(11-9-16)30-13-6-5-12-24/h8-11,14-15,28H,3-7,13H2,1-2H3,(H,25,26). The maximum atomic E-state index is 13.1. The van der Waals surface area contributed by atoms with E-state index in [0.29, 0.717) is 30.9 Å². The normalized spacial score (nSPS) is 10.7. The SMILES string of the molecule is CCCCc1n[nH]c2cc(O)c(C(=O)N(C)c3ccc(OCCCC#N)cc3)cc12. The Kier molecular flexibility index (Phi) is 6.91. The molecule has 0 spiro atoms. The predicted molar refractivity (Wildman–Crippen MR) is 116 cm³/mol. The van der Waals surface area contributed by atoms with Crippen molar-refractivity contribution in [3.05, 3.63) is 47.7 Å². The van der Waals surface area contributed by atoms with E-state index in [1.165, 1.54) is 4.90 Å². The molecule has 3 rings (SSSR count). The van der Waals surface area contributed by atoms with Crippen LogP contribution in [0, 0.1) is 11.3 Å². The molecule has 0 radical (unpaired) electrons. The zero-order valence-electron chi connectivity index (χ0n) is 17.3. The number of anilines is 1. The number of nitrogens with zero attached hydrogens (tertiary/aromatic N) is 3. The molecule has 156 valence electrons. The smallest absolute Gasteiger partial charge is 0.261 e. The van der Waals surface area contributed by atoms with Gasteiger partial charge in [-0.15, -0.1) is 0 Å². The lowest BCUT2D eigenvalue weighted by Gasteiger charge is -2.18. The third-order valence-electron chi connectivity index (χ3n) is 4.99. The summed E-state index contributed by atoms with van der Waals surface area (Å²) < 4.78 is 5.59. The largest absolute Gasteiger partial charge is 0.507 e. The summed E-state index contributed by atoms with van der Waals surface area (Å²) in [5, 5.41) is 27.1. The van der Waals surface area contributed by atoms with Gasteiger partial charge >= 0.3 is 0 Å². The molecule has 2 N–H and O–H groups in total. The number of hydrogen-bond acceptors (Lipinski definition) is 5. The third kappa shape index (κ3) is 4.71. The van der Waals surface area contributed by atoms with Crippen LogP contribution >= 0.6 is 0 Å². The zero-order valence-corrected chi connectivity index (χ0v) is 17.3. The number of nitriles is 1. The minimum atomic E-state index is -0.306. The van der Waals surface area contributed by atoms with Crippen molar-refractivity contribution in [2.75, 3.05) is 18.6 Å². The molecule has 0 aliphatic carbocycles. The first-order chi connectivity index (χ1) is 14.5. The molecule has 7 nitrogen and oxygen atoms in total. The fourth-order valence-electron chi connectivity index (χ4n) is 3.22. The van der Waals surface area contributed by atoms with Crippen molar-refractivity contribution in [3.63, 3.8) is 0 Å². The molecule has 0 unspecified atom stereocenters. The van der Waals surface area contributed by atoms with Crippen LogP contribution in [0.4, 0.5) is 5.69 Å². The number of unbranched alkanes of at least 4 members (excludes halogenated alkanes) is 2. The molecule has 1 heterocycles. The number of ether oxygens (including phenoxy) is 1. The number of carbonyl (C=O) groups excluding carboxylic acids is 1. The number of hydrogen-bond donors (Lipinski definition) is 2. The topological polar surface area (TPSA) is 102 Å². The number of aromatic hydroxyl groups is 1. The molecule has 0 aliphatic heterocycles. The molecule has 3 aromatic rings. The van der Waals surface area contributed by atoms with Gasteiger partial charge in [-0.05, 0) is 49.6 Å². The van der Waals surface area contributed by atoms with Gasteiger partial charge < -0.3 is 14.7 Å². The fraction of sp³-hybridized carbons (Fsp3) is 0.348. The molecule has 0 aliphatic rings. The van der Waals surface area contributed by atoms with Crippen LogP contribution in [0.3, 0.4) is 0 Å². The zero-order chi connectivity index (χ0) is 21.5. The van der Waals surface area contributed by atoms with E-state index in [4.69, 9.17) is 10.00 Å². The summed E-state index contributed by atoms with van der Waals surface area (Å²) in [4.78, 5) is 14.6. The average molecular weight is 406 g/mol. The summed E-state index contributed by atoms with van der Waals surface area (Å²) >= 11 is 0. The number of amides is 1. The first kappa shape index (κ1) is 21.2. The maximum Gasteiger partial charge on any atom is 0.261 e. The maximum absolute atomic E-state index is 13.1. The Balaban J connectivity index is 1.77. The number of carbonyl (C=O) groups is 1. The van der Waals surface area contributed by atoms with E-state index in [1.807, 2.05) is 0 Å². The second-order valence-corrected chi connectivity index (χ2v) is 7.16. The Hall–Kier alpha value is -3.53. The van der Waals surface area contributed by atoms with Crippen molar-refractivity contribution in [2.24, 2.45) is 0 Å². The molecular weight excluding hydrogens is 380 g/mol. The fourth-order valence-corrected chi connectivity index (χ4v) is 3.22. The van der Waals surface area contributed by atoms with Crippen LogP contribution in [0.1, 0.15) is 48.7 Å². The Morgan fingerprint density at radius 1 is 1.27 bits per heavy atom. The van der Waals surface area contributed by atoms with Crippen molar-refractivity contribution in [1.29, 1.82) is 5.26 Å². The van der Waals surface area contributed by atoms with E-state index in [0.717, 1.165) is 35.9 Å². The summed E-state index contributed by atoms with van der Waals surface area (Å²) in [5.74, 6) is 0.294. The highest BCUT2D eigenvalue weighted by Gasteiger charge is 2.20. The van der Waals surface area contributed by atoms with Crippen LogP contribution in [-0.4, -0.2) is 34.9 Å². The molecule has 0 fully saturated rings. The third-order valence-corrected chi connectivity index (χ3v) is 4.99. The van der Waals surface area contributed by atoms with Crippen LogP contribution in [-0.2, 0) is 6.42 Å². The molecule has 30 heavy (non-hydrogen) atoms. The molecule has 7 heteroatoms. The highest BCUT2D eigenvalue weighted by atomic mass is 16.5. The van der Waals surface area contributed by atoms with Crippen molar-refractivity contribution < 1.29 is 14.6 Å². The van der Waals surface area contributed by atoms with Crippen molar-refractivity contribution in [3.8, 4) is 17.6 Å². The Bertz CT molecular complexity index is 1050. The summed E-state index contributed by atoms with van der Waals surface area (Å²) in [7, 11) is 1.67. The van der Waals surface area contributed by atoms with Crippen LogP contribution in [0.2, 0.25) is 0 Å². The highest BCUT2D eigenvalue weighted by Crippen LogP contribution is 2.29. The molecule has 0 atom stereocenters. The number of rotatable bonds is 9. The van der Waals surface area contributed by atoms with Crippen molar-refractivity contribution in [1.82, 2.24) is 10.2 Å². The highest BCUT2D eigenvalue weighted by molar-refractivity contribution is 6.09. The van der Waals surface area contributed by atoms with Crippen molar-refractivity contribution in [2.45, 2.75) is 39.0 Å². The van der Waals surface area contributed by atoms with Gasteiger partial charge in [0.25, 0.3) is 5.91 Å². The lowest BCUT2D eigenvalue weighted by atomic mass is 10.1. The predicted octanol–water partition coefficient (Wildman–Crippen LogP) is 4.57. The number of aromatic amines is 1. The van der Waals surface area contributed by atoms with Gasteiger partial charge in [-0.3, -0.25) is 9.89 Å². The van der Waals surface area contributed by atoms with Crippen LogP contribution < -0.4 is 9.64 Å². The van der Waals surface area contributed by atoms with Gasteiger partial charge in [-0.25, -0.2) is 0 Å². The number of H-pyrrole nitrogens is 1. The van der Waals surface area contributed by atoms with E-state index >= 15 is 0 Å². The first-order valence-corrected chi connectivity index (χ1v) is 10.1. The summed E-state index contributed by atoms with van der Waals surface area (Å²) in [5.41, 5.74) is 2.54. The van der Waals surface area contributed by atoms with Crippen LogP contribution in [0.25, 0.3) is 10.9 Å². The van der Waals surface area contributed by atoms with Crippen molar-refractivity contribution >= 4 is 22.5 Å². The average Bonchev–Trinajstić information content (AvgIpc) is 3.15. The quantitative estimate of drug-likeness (QED) is 0.507. The molecule has 1 aromatic heterocycles. The van der Waals surface area contributed by atoms with E-state index in [9.17, 15) is 9.90 Å². The summed E-state index contributed by atoms with van der Waals surface area (Å²) in [6.07, 6.45) is 4.02. The molecule has 0 saturated heterocycles. The van der Waals surface area contributed by atoms with E-state index in [1.54, 1.807) is 43.4 Å². The van der Waals surface area contributed by atoms with Gasteiger partial charge in [0.2, 0.25) is 0 Å². The second-order valence-electron chi connectivity index (χ2n) is 7.16. The minimum Gasteiger partial charge on any atom is -0.507 e. The molecule has 2 aromatic carbocycles. The number of benzene rings is 2. The molecule has 1 amide bonds. The summed E-state index contributed by atoms with van der Waals surface area (Å²) in [6, 6.07) is 12.5. The Labute approximate surface area is 175 Å². The van der Waals surface area contributed by atoms with Crippen LogP contribution in [0.5, 0.6) is 11.5 Å². The summed E-state index contributed by atoms with van der Waals surface area (Å²) in [6.45, 7) is 2.59. The van der Waals surface area contributed by atoms with Gasteiger partial charge in [0.15, 0.2) is 0 Å². The van der Waals surface area contributed by atoms with E-state index < -0.39 is 0 Å². The van der Waals surface area contributed by atoms with Gasteiger partial charge in [-0.2, -0.15) is 10.4 Å². The van der Waals surface area contributed by atoms with Crippen LogP contribution in [0.15, 0.2) is 36.4 Å². The van der Waals surface area contributed by atoms with Gasteiger partial charge in [0.1, 0.15) is 11.5 Å². The number of phenols is 1. The van der Waals surface area contributed by atoms with Gasteiger partial charge in [0.05, 0.1) is 29.5 Å². The van der Waals surface area contributed by atoms with E-state index in [2.05, 4.69) is 23.2 Å². The van der Waals surface area contributed by atoms with Gasteiger partial charge in [0, 0.05) is 30.6 Å². The Morgan fingerprint density at radius 3 is 2.73 bits per heavy atom. The lowest BCUT2D eigenvalue weighted by Crippen LogP contribution is -2.26. The number of nitrogens with one attached hydrogen (secondary N) is 1. The Morgan fingerprint density at radius 2 is 2.03 bits per heavy atom. The number of aromatic nitrogens is 2. The number of phenolic OH excluding ortho intramolecular Hbond substituents is 1. The molecule has 0 saturated carbocycles. The number of aryl methyl sites for hydroxylation is 1. The monoisotopic (exact) mass is 406 g/mol. The first-order valence-electron chi connectivity index (χ1n) is 10.1.